The number of fused-ring (bicyclic) bond motifs is 1. The second kappa shape index (κ2) is 13.9. The summed E-state index contributed by atoms with van der Waals surface area (Å²) in [5, 5.41) is 5.12. The Morgan fingerprint density at radius 2 is 1.82 bits per heavy atom. The van der Waals surface area contributed by atoms with Gasteiger partial charge in [0.1, 0.15) is 6.54 Å². The lowest BCUT2D eigenvalue weighted by molar-refractivity contribution is -0.126. The van der Waals surface area contributed by atoms with E-state index in [1.54, 1.807) is 16.2 Å². The molecule has 0 aliphatic heterocycles. The lowest BCUT2D eigenvalue weighted by atomic mass is 9.79. The summed E-state index contributed by atoms with van der Waals surface area (Å²) in [6.07, 6.45) is 8.56. The van der Waals surface area contributed by atoms with Crippen molar-refractivity contribution in [1.82, 2.24) is 9.88 Å². The Kier molecular flexibility index (Phi) is 10.4. The van der Waals surface area contributed by atoms with Crippen LogP contribution in [0.1, 0.15) is 87.7 Å². The monoisotopic (exact) mass is 549 g/mol. The number of ketones is 1. The second-order valence-corrected chi connectivity index (χ2v) is 11.9. The van der Waals surface area contributed by atoms with E-state index in [9.17, 15) is 14.4 Å². The number of hydrogen-bond acceptors (Lipinski definition) is 4. The summed E-state index contributed by atoms with van der Waals surface area (Å²) in [4.78, 5) is 41.4. The number of likely N-dealkylation sites (N-methyl/N-ethyl adjacent to an activating group) is 1. The molecule has 1 saturated carbocycles. The Morgan fingerprint density at radius 1 is 1.03 bits per heavy atom. The molecular weight excluding hydrogens is 506 g/mol. The molecule has 1 aliphatic carbocycles. The van der Waals surface area contributed by atoms with Crippen molar-refractivity contribution >= 4 is 44.8 Å². The van der Waals surface area contributed by atoms with Crippen LogP contribution in [0.25, 0.3) is 10.2 Å². The van der Waals surface area contributed by atoms with E-state index < -0.39 is 0 Å². The maximum absolute atomic E-state index is 13.6. The van der Waals surface area contributed by atoms with Crippen LogP contribution in [0, 0.1) is 18.8 Å². The van der Waals surface area contributed by atoms with Crippen LogP contribution >= 0.6 is 11.3 Å². The van der Waals surface area contributed by atoms with Crippen LogP contribution in [0.4, 0.5) is 5.69 Å². The van der Waals surface area contributed by atoms with Gasteiger partial charge < -0.3 is 14.8 Å². The first-order chi connectivity index (χ1) is 18.9. The predicted molar refractivity (Wildman–Crippen MR) is 161 cm³/mol. The lowest BCUT2D eigenvalue weighted by Crippen LogP contribution is -2.35. The molecule has 2 heterocycles. The summed E-state index contributed by atoms with van der Waals surface area (Å²) in [5.41, 5.74) is 3.55. The van der Waals surface area contributed by atoms with Crippen LogP contribution < -0.4 is 10.2 Å². The molecule has 6 nitrogen and oxygen atoms in total. The third-order valence-corrected chi connectivity index (χ3v) is 8.91. The summed E-state index contributed by atoms with van der Waals surface area (Å²) in [7, 11) is 0. The number of unbranched alkanes of at least 4 members (excludes halogenated alkanes) is 3. The number of carbonyl (C=O) groups is 3. The number of benzene rings is 1. The van der Waals surface area contributed by atoms with E-state index in [4.69, 9.17) is 0 Å². The highest BCUT2D eigenvalue weighted by Crippen LogP contribution is 2.33. The van der Waals surface area contributed by atoms with Crippen molar-refractivity contribution in [2.75, 3.05) is 18.0 Å². The van der Waals surface area contributed by atoms with Gasteiger partial charge in [-0.1, -0.05) is 38.3 Å². The summed E-state index contributed by atoms with van der Waals surface area (Å²) in [6, 6.07) is 11.9. The molecular formula is C32H43N3O3S. The zero-order valence-electron chi connectivity index (χ0n) is 23.7. The molecule has 0 unspecified atom stereocenters. The molecule has 2 amide bonds. The van der Waals surface area contributed by atoms with E-state index >= 15 is 0 Å². The zero-order chi connectivity index (χ0) is 27.8. The third kappa shape index (κ3) is 7.38. The molecule has 39 heavy (non-hydrogen) atoms. The van der Waals surface area contributed by atoms with Gasteiger partial charge in [0.05, 0.1) is 15.9 Å². The lowest BCUT2D eigenvalue weighted by Gasteiger charge is -2.27. The maximum Gasteiger partial charge on any atom is 0.246 e. The molecule has 7 heteroatoms. The number of nitrogens with one attached hydrogen (secondary N) is 1. The molecule has 3 aromatic rings. The third-order valence-electron chi connectivity index (χ3n) is 8.05. The molecule has 2 aromatic heterocycles. The van der Waals surface area contributed by atoms with E-state index in [-0.39, 0.29) is 36.0 Å². The minimum absolute atomic E-state index is 0.0259. The van der Waals surface area contributed by atoms with E-state index in [1.165, 1.54) is 19.3 Å². The van der Waals surface area contributed by atoms with Crippen molar-refractivity contribution in [3.8, 4) is 0 Å². The average Bonchev–Trinajstić information content (AvgIpc) is 3.52. The van der Waals surface area contributed by atoms with E-state index in [2.05, 4.69) is 12.2 Å². The smallest absolute Gasteiger partial charge is 0.246 e. The minimum atomic E-state index is -0.0259. The van der Waals surface area contributed by atoms with Gasteiger partial charge >= 0.3 is 0 Å². The highest BCUT2D eigenvalue weighted by Gasteiger charge is 2.29. The first kappa shape index (κ1) is 29.1. The van der Waals surface area contributed by atoms with Gasteiger partial charge in [0, 0.05) is 31.1 Å². The Hall–Kier alpha value is -2.93. The SMILES string of the molecule is CCCCCCNC(=O)C1CCC(CC(=O)c2cc3sccc3n2CC(=O)N(CC)c2cccc(C)c2)CC1. The summed E-state index contributed by atoms with van der Waals surface area (Å²) >= 11 is 1.60. The normalized spacial score (nSPS) is 17.3. The molecule has 1 fully saturated rings. The number of nitrogens with zero attached hydrogens (tertiary/aromatic N) is 2. The number of aryl methyl sites for hydroxylation is 1. The molecule has 210 valence electrons. The highest BCUT2D eigenvalue weighted by molar-refractivity contribution is 7.17. The summed E-state index contributed by atoms with van der Waals surface area (Å²) < 4.78 is 2.94. The minimum Gasteiger partial charge on any atom is -0.356 e. The van der Waals surface area contributed by atoms with Crippen LogP contribution in [0.2, 0.25) is 0 Å². The fraction of sp³-hybridized carbons (Fsp3) is 0.531. The molecule has 0 atom stereocenters. The number of amides is 2. The maximum atomic E-state index is 13.6. The fourth-order valence-corrected chi connectivity index (χ4v) is 6.62. The van der Waals surface area contributed by atoms with Gasteiger partial charge in [-0.05, 0) is 87.1 Å². The summed E-state index contributed by atoms with van der Waals surface area (Å²) in [5.74, 6) is 0.590. The molecule has 1 aromatic carbocycles. The molecule has 0 radical (unpaired) electrons. The van der Waals surface area contributed by atoms with Crippen molar-refractivity contribution in [2.24, 2.45) is 11.8 Å². The van der Waals surface area contributed by atoms with Crippen molar-refractivity contribution in [3.05, 3.63) is 53.0 Å². The Balaban J connectivity index is 1.37. The fourth-order valence-electron chi connectivity index (χ4n) is 5.80. The van der Waals surface area contributed by atoms with Crippen molar-refractivity contribution in [2.45, 2.75) is 85.1 Å². The molecule has 1 N–H and O–H groups in total. The van der Waals surface area contributed by atoms with Crippen molar-refractivity contribution < 1.29 is 14.4 Å². The molecule has 0 spiro atoms. The van der Waals surface area contributed by atoms with Crippen LogP contribution in [0.5, 0.6) is 0 Å². The molecule has 0 saturated heterocycles. The van der Waals surface area contributed by atoms with Crippen molar-refractivity contribution in [1.29, 1.82) is 0 Å². The number of aromatic nitrogens is 1. The first-order valence-corrected chi connectivity index (χ1v) is 15.5. The van der Waals surface area contributed by atoms with Gasteiger partial charge in [-0.2, -0.15) is 0 Å². The largest absolute Gasteiger partial charge is 0.356 e. The molecule has 4 rings (SSSR count). The average molecular weight is 550 g/mol. The number of anilines is 1. The van der Waals surface area contributed by atoms with Crippen molar-refractivity contribution in [3.63, 3.8) is 0 Å². The molecule has 1 aliphatic rings. The Morgan fingerprint density at radius 3 is 2.54 bits per heavy atom. The van der Waals surface area contributed by atoms with Gasteiger partial charge in [-0.3, -0.25) is 14.4 Å². The Labute approximate surface area is 236 Å². The topological polar surface area (TPSA) is 71.4 Å². The van der Waals surface area contributed by atoms with Crippen LogP contribution in [0.3, 0.4) is 0 Å². The quantitative estimate of drug-likeness (QED) is 0.182. The van der Waals surface area contributed by atoms with Gasteiger partial charge in [-0.15, -0.1) is 11.3 Å². The van der Waals surface area contributed by atoms with E-state index in [0.29, 0.717) is 18.7 Å². The predicted octanol–water partition coefficient (Wildman–Crippen LogP) is 7.14. The number of thiophene rings is 1. The van der Waals surface area contributed by atoms with Gasteiger partial charge in [-0.25, -0.2) is 0 Å². The highest BCUT2D eigenvalue weighted by atomic mass is 32.1. The second-order valence-electron chi connectivity index (χ2n) is 11.0. The van der Waals surface area contributed by atoms with E-state index in [1.807, 2.05) is 60.2 Å². The first-order valence-electron chi connectivity index (χ1n) is 14.7. The van der Waals surface area contributed by atoms with E-state index in [0.717, 1.165) is 60.1 Å². The number of rotatable bonds is 13. The van der Waals surface area contributed by atoms with Crippen LogP contribution in [-0.2, 0) is 16.1 Å². The van der Waals surface area contributed by atoms with Gasteiger partial charge in [0.2, 0.25) is 11.8 Å². The standard InChI is InChI=1S/C32H43N3O3S/c1-4-6-7-8-17-33-32(38)25-14-12-24(13-15-25)20-29(36)28-21-30-27(16-18-39-30)35(28)22-31(37)34(5-2)26-11-9-10-23(3)19-26/h9-11,16,18-19,21,24-25H,4-8,12-15,17,20,22H2,1-3H3,(H,33,38). The van der Waals surface area contributed by atoms with Crippen LogP contribution in [0.15, 0.2) is 41.8 Å². The number of Topliss-reactive ketones (excluding diaryl/α,β-unsaturated/α-hetero) is 1. The van der Waals surface area contributed by atoms with Crippen LogP contribution in [-0.4, -0.2) is 35.3 Å². The van der Waals surface area contributed by atoms with Gasteiger partial charge in [0.15, 0.2) is 5.78 Å². The Bertz CT molecular complexity index is 1270. The molecule has 0 bridgehead atoms. The number of carbonyl (C=O) groups excluding carboxylic acids is 3. The summed E-state index contributed by atoms with van der Waals surface area (Å²) in [6.45, 7) is 7.65. The zero-order valence-corrected chi connectivity index (χ0v) is 24.5. The van der Waals surface area contributed by atoms with Gasteiger partial charge in [0.25, 0.3) is 0 Å². The number of hydrogen-bond donors (Lipinski definition) is 1.